The Balaban J connectivity index is 1.70. The van der Waals surface area contributed by atoms with Crippen LogP contribution in [0.3, 0.4) is 0 Å². The first-order chi connectivity index (χ1) is 15.5. The number of carboxylic acids is 1. The summed E-state index contributed by atoms with van der Waals surface area (Å²) in [5.74, 6) is -2.14. The molecule has 0 aliphatic carbocycles. The minimum atomic E-state index is -4.92. The maximum Gasteiger partial charge on any atom is 0.435 e. The van der Waals surface area contributed by atoms with Crippen LogP contribution < -0.4 is 10.1 Å². The lowest BCUT2D eigenvalue weighted by Gasteiger charge is -2.12. The highest BCUT2D eigenvalue weighted by atomic mass is 35.5. The molecule has 1 aromatic heterocycles. The lowest BCUT2D eigenvalue weighted by Crippen LogP contribution is -2.25. The molecule has 10 heteroatoms. The Morgan fingerprint density at radius 3 is 2.42 bits per heavy atom. The van der Waals surface area contributed by atoms with Crippen LogP contribution in [-0.2, 0) is 4.79 Å². The van der Waals surface area contributed by atoms with Crippen molar-refractivity contribution < 1.29 is 32.3 Å². The van der Waals surface area contributed by atoms with Crippen LogP contribution in [0.25, 0.3) is 17.4 Å². The van der Waals surface area contributed by atoms with Crippen LogP contribution in [-0.4, -0.2) is 23.8 Å². The minimum Gasteiger partial charge on any atom is -0.545 e. The molecule has 0 unspecified atom stereocenters. The first kappa shape index (κ1) is 22.3. The van der Waals surface area contributed by atoms with Gasteiger partial charge in [-0.05, 0) is 54.5 Å². The first-order valence-electron chi connectivity index (χ1n) is 9.44. The van der Waals surface area contributed by atoms with Gasteiger partial charge < -0.3 is 14.3 Å². The Kier molecular flexibility index (Phi) is 5.59. The molecule has 0 saturated heterocycles. The van der Waals surface area contributed by atoms with Gasteiger partial charge in [0.05, 0.1) is 17.2 Å². The van der Waals surface area contributed by atoms with E-state index in [1.54, 1.807) is 24.3 Å². The molecule has 1 amide bonds. The van der Waals surface area contributed by atoms with Crippen molar-refractivity contribution in [3.8, 4) is 11.3 Å². The summed E-state index contributed by atoms with van der Waals surface area (Å²) in [4.78, 5) is 23.7. The predicted molar refractivity (Wildman–Crippen MR) is 114 cm³/mol. The van der Waals surface area contributed by atoms with Gasteiger partial charge in [0.1, 0.15) is 11.5 Å². The van der Waals surface area contributed by atoms with Crippen molar-refractivity contribution in [1.29, 1.82) is 0 Å². The Morgan fingerprint density at radius 2 is 1.82 bits per heavy atom. The molecule has 3 aromatic rings. The maximum atomic E-state index is 13.6. The van der Waals surface area contributed by atoms with Crippen LogP contribution in [0.2, 0.25) is 5.02 Å². The number of alkyl halides is 3. The highest BCUT2D eigenvalue weighted by molar-refractivity contribution is 6.34. The molecule has 0 saturated carbocycles. The zero-order valence-corrected chi connectivity index (χ0v) is 17.6. The van der Waals surface area contributed by atoms with E-state index in [-0.39, 0.29) is 17.0 Å². The largest absolute Gasteiger partial charge is 0.545 e. The fourth-order valence-electron chi connectivity index (χ4n) is 3.14. The third-order valence-corrected chi connectivity index (χ3v) is 5.27. The summed E-state index contributed by atoms with van der Waals surface area (Å²) in [6.45, 7) is 1.83. The second-order valence-electron chi connectivity index (χ2n) is 7.12. The highest BCUT2D eigenvalue weighted by Crippen LogP contribution is 2.34. The summed E-state index contributed by atoms with van der Waals surface area (Å²) in [5.41, 5.74) is -0.871. The van der Waals surface area contributed by atoms with Gasteiger partial charge in [-0.3, -0.25) is 4.79 Å². The van der Waals surface area contributed by atoms with Crippen LogP contribution in [0.15, 0.2) is 69.7 Å². The van der Waals surface area contributed by atoms with Gasteiger partial charge in [-0.25, -0.2) is 0 Å². The lowest BCUT2D eigenvalue weighted by molar-refractivity contribution is -0.255. The van der Waals surface area contributed by atoms with E-state index in [4.69, 9.17) is 16.0 Å². The van der Waals surface area contributed by atoms with Crippen LogP contribution in [0.1, 0.15) is 21.7 Å². The number of hydrazone groups is 1. The average molecular weight is 474 g/mol. The molecular weight excluding hydrogens is 461 g/mol. The zero-order valence-electron chi connectivity index (χ0n) is 16.8. The predicted octanol–water partition coefficient (Wildman–Crippen LogP) is 4.62. The number of nitrogens with zero attached hydrogens (tertiary/aromatic N) is 2. The van der Waals surface area contributed by atoms with E-state index in [2.05, 4.69) is 5.10 Å². The van der Waals surface area contributed by atoms with Gasteiger partial charge >= 0.3 is 6.18 Å². The number of carboxylic acid groups (broad SMARTS) is 1. The summed E-state index contributed by atoms with van der Waals surface area (Å²) in [7, 11) is 0. The molecule has 168 valence electrons. The fraction of sp³-hybridized carbons (Fsp3) is 0.0870. The molecule has 2 aromatic carbocycles. The topological polar surface area (TPSA) is 85.9 Å². The summed E-state index contributed by atoms with van der Waals surface area (Å²) in [6.07, 6.45) is -3.95. The number of amides is 1. The molecule has 0 radical (unpaired) electrons. The quantitative estimate of drug-likeness (QED) is 0.517. The van der Waals surface area contributed by atoms with Crippen molar-refractivity contribution in [3.05, 3.63) is 82.1 Å². The van der Waals surface area contributed by atoms with E-state index in [9.17, 15) is 27.9 Å². The van der Waals surface area contributed by atoms with Crippen molar-refractivity contribution in [3.63, 3.8) is 0 Å². The number of rotatable bonds is 4. The fourth-order valence-corrected chi connectivity index (χ4v) is 3.32. The van der Waals surface area contributed by atoms with Gasteiger partial charge in [0.2, 0.25) is 0 Å². The molecule has 0 bridgehead atoms. The molecule has 1 aliphatic rings. The van der Waals surface area contributed by atoms with Crippen molar-refractivity contribution in [1.82, 2.24) is 0 Å². The van der Waals surface area contributed by atoms with Gasteiger partial charge in [-0.15, -0.1) is 0 Å². The summed E-state index contributed by atoms with van der Waals surface area (Å²) in [5, 5.41) is 15.4. The van der Waals surface area contributed by atoms with E-state index < -0.39 is 29.3 Å². The zero-order chi connectivity index (χ0) is 23.9. The molecule has 6 nitrogen and oxygen atoms in total. The number of hydrogen-bond acceptors (Lipinski definition) is 5. The molecule has 4 rings (SSSR count). The molecule has 0 fully saturated rings. The van der Waals surface area contributed by atoms with Gasteiger partial charge in [0.25, 0.3) is 5.91 Å². The molecule has 33 heavy (non-hydrogen) atoms. The van der Waals surface area contributed by atoms with E-state index in [1.807, 2.05) is 6.92 Å². The molecule has 0 spiro atoms. The van der Waals surface area contributed by atoms with E-state index >= 15 is 0 Å². The van der Waals surface area contributed by atoms with Crippen molar-refractivity contribution >= 4 is 41.0 Å². The lowest BCUT2D eigenvalue weighted by atomic mass is 10.1. The standard InChI is InChI=1S/C23H14ClF3N2O4/c1-12-2-3-14(10-18(12)24)19-9-8-16(33-19)11-17-20(23(25,26)27)28-29(21(17)30)15-6-4-13(5-7-15)22(31)32/h2-11H,1H3,(H,31,32)/p-1/b17-11+. The first-order valence-corrected chi connectivity index (χ1v) is 9.82. The Bertz CT molecular complexity index is 1320. The summed E-state index contributed by atoms with van der Waals surface area (Å²) < 4.78 is 46.5. The summed E-state index contributed by atoms with van der Waals surface area (Å²) in [6, 6.07) is 12.7. The third kappa shape index (κ3) is 4.40. The van der Waals surface area contributed by atoms with E-state index in [0.29, 0.717) is 21.4 Å². The Labute approximate surface area is 190 Å². The minimum absolute atomic E-state index is 0.0103. The van der Waals surface area contributed by atoms with Gasteiger partial charge in [-0.1, -0.05) is 35.9 Å². The van der Waals surface area contributed by atoms with Crippen LogP contribution in [0.5, 0.6) is 0 Å². The number of carbonyl (C=O) groups is 2. The van der Waals surface area contributed by atoms with Crippen LogP contribution in [0, 0.1) is 6.92 Å². The van der Waals surface area contributed by atoms with Crippen molar-refractivity contribution in [2.24, 2.45) is 5.10 Å². The second-order valence-corrected chi connectivity index (χ2v) is 7.53. The molecule has 1 aliphatic heterocycles. The van der Waals surface area contributed by atoms with Gasteiger partial charge in [0.15, 0.2) is 5.71 Å². The SMILES string of the molecule is Cc1ccc(-c2ccc(/C=C3/C(=O)N(c4ccc(C(=O)[O-])cc4)N=C3C(F)(F)F)o2)cc1Cl. The monoisotopic (exact) mass is 473 g/mol. The number of halogens is 4. The second kappa shape index (κ2) is 8.25. The van der Waals surface area contributed by atoms with Crippen LogP contribution in [0.4, 0.5) is 18.9 Å². The normalized spacial score (nSPS) is 15.3. The number of aryl methyl sites for hydroxylation is 1. The Hall–Kier alpha value is -3.85. The smallest absolute Gasteiger partial charge is 0.435 e. The number of anilines is 1. The number of carbonyl (C=O) groups excluding carboxylic acids is 2. The highest BCUT2D eigenvalue weighted by Gasteiger charge is 2.47. The Morgan fingerprint density at radius 1 is 1.12 bits per heavy atom. The average Bonchev–Trinajstić information content (AvgIpc) is 3.35. The third-order valence-electron chi connectivity index (χ3n) is 4.86. The number of aromatic carboxylic acids is 1. The maximum absolute atomic E-state index is 13.6. The van der Waals surface area contributed by atoms with Gasteiger partial charge in [-0.2, -0.15) is 23.3 Å². The van der Waals surface area contributed by atoms with E-state index in [1.165, 1.54) is 6.07 Å². The number of benzene rings is 2. The van der Waals surface area contributed by atoms with Crippen molar-refractivity contribution in [2.45, 2.75) is 13.1 Å². The molecular formula is C23H13ClF3N2O4-. The molecule has 0 atom stereocenters. The van der Waals surface area contributed by atoms with Crippen LogP contribution >= 0.6 is 11.6 Å². The van der Waals surface area contributed by atoms with E-state index in [0.717, 1.165) is 35.9 Å². The molecule has 2 heterocycles. The number of hydrogen-bond donors (Lipinski definition) is 0. The molecule has 0 N–H and O–H groups in total. The van der Waals surface area contributed by atoms with Crippen molar-refractivity contribution in [2.75, 3.05) is 5.01 Å². The number of furan rings is 1. The van der Waals surface area contributed by atoms with Gasteiger partial charge in [0, 0.05) is 10.6 Å². The summed E-state index contributed by atoms with van der Waals surface area (Å²) >= 11 is 6.12.